The van der Waals surface area contributed by atoms with E-state index in [4.69, 9.17) is 17.3 Å². The number of hydrogen-bond donors (Lipinski definition) is 1. The van der Waals surface area contributed by atoms with Crippen LogP contribution in [0.5, 0.6) is 0 Å². The molecule has 88 valence electrons. The summed E-state index contributed by atoms with van der Waals surface area (Å²) in [7, 11) is 0. The van der Waals surface area contributed by atoms with Crippen LogP contribution in [0.1, 0.15) is 20.8 Å². The second kappa shape index (κ2) is 4.80. The number of thiophene rings is 1. The average Bonchev–Trinajstić information content (AvgIpc) is 2.62. The maximum Gasteiger partial charge on any atom is 0.205 e. The van der Waals surface area contributed by atoms with E-state index in [0.29, 0.717) is 21.2 Å². The molecule has 5 heteroatoms. The molecular weight excluding hydrogens is 322 g/mol. The number of carbonyl (C=O) groups is 1. The lowest BCUT2D eigenvalue weighted by Crippen LogP contribution is -2.03. The van der Waals surface area contributed by atoms with Crippen LogP contribution in [0.25, 0.3) is 0 Å². The topological polar surface area (TPSA) is 43.1 Å². The first-order valence-electron chi connectivity index (χ1n) is 4.84. The Morgan fingerprint density at radius 2 is 2.12 bits per heavy atom. The molecule has 0 atom stereocenters. The monoisotopic (exact) mass is 329 g/mol. The number of carbonyl (C=O) groups excluding carboxylic acids is 1. The lowest BCUT2D eigenvalue weighted by Gasteiger charge is -2.04. The van der Waals surface area contributed by atoms with Crippen LogP contribution in [0, 0.1) is 6.92 Å². The van der Waals surface area contributed by atoms with Crippen molar-refractivity contribution in [1.29, 1.82) is 0 Å². The van der Waals surface area contributed by atoms with Crippen molar-refractivity contribution >= 4 is 50.3 Å². The molecule has 17 heavy (non-hydrogen) atoms. The van der Waals surface area contributed by atoms with E-state index in [1.54, 1.807) is 18.2 Å². The summed E-state index contributed by atoms with van der Waals surface area (Å²) in [5.41, 5.74) is 7.83. The number of ketones is 1. The zero-order valence-electron chi connectivity index (χ0n) is 8.96. The highest BCUT2D eigenvalue weighted by Gasteiger charge is 2.16. The van der Waals surface area contributed by atoms with E-state index in [1.807, 2.05) is 13.0 Å². The van der Waals surface area contributed by atoms with Crippen molar-refractivity contribution in [3.8, 4) is 0 Å². The number of hydrogen-bond acceptors (Lipinski definition) is 3. The smallest absolute Gasteiger partial charge is 0.205 e. The van der Waals surface area contributed by atoms with Crippen LogP contribution in [-0.4, -0.2) is 5.78 Å². The minimum absolute atomic E-state index is 0.0937. The molecule has 0 unspecified atom stereocenters. The molecule has 0 spiro atoms. The van der Waals surface area contributed by atoms with Gasteiger partial charge in [-0.05, 0) is 41.1 Å². The van der Waals surface area contributed by atoms with Crippen LogP contribution in [0.2, 0.25) is 5.02 Å². The second-order valence-corrected chi connectivity index (χ2v) is 6.43. The first-order valence-corrected chi connectivity index (χ1v) is 6.83. The highest BCUT2D eigenvalue weighted by atomic mass is 79.9. The third-order valence-corrected chi connectivity index (χ3v) is 4.80. The van der Waals surface area contributed by atoms with Crippen LogP contribution in [0.3, 0.4) is 0 Å². The van der Waals surface area contributed by atoms with E-state index in [2.05, 4.69) is 15.9 Å². The maximum atomic E-state index is 12.2. The van der Waals surface area contributed by atoms with Gasteiger partial charge < -0.3 is 5.73 Å². The van der Waals surface area contributed by atoms with Crippen molar-refractivity contribution in [2.45, 2.75) is 6.92 Å². The molecular formula is C12H9BrClNOS. The van der Waals surface area contributed by atoms with E-state index in [0.717, 1.165) is 9.35 Å². The predicted molar refractivity (Wildman–Crippen MR) is 76.1 cm³/mol. The molecule has 2 nitrogen and oxygen atoms in total. The van der Waals surface area contributed by atoms with E-state index in [1.165, 1.54) is 11.3 Å². The number of benzene rings is 1. The van der Waals surface area contributed by atoms with Gasteiger partial charge in [0.15, 0.2) is 0 Å². The fraction of sp³-hybridized carbons (Fsp3) is 0.0833. The van der Waals surface area contributed by atoms with Gasteiger partial charge in [-0.15, -0.1) is 11.3 Å². The van der Waals surface area contributed by atoms with Crippen LogP contribution in [0.15, 0.2) is 28.1 Å². The molecule has 0 saturated carbocycles. The Balaban J connectivity index is 2.47. The first kappa shape index (κ1) is 12.6. The van der Waals surface area contributed by atoms with E-state index in [-0.39, 0.29) is 5.78 Å². The summed E-state index contributed by atoms with van der Waals surface area (Å²) in [6.07, 6.45) is 0. The summed E-state index contributed by atoms with van der Waals surface area (Å²) in [6, 6.07) is 7.07. The number of halogens is 2. The molecule has 0 radical (unpaired) electrons. The summed E-state index contributed by atoms with van der Waals surface area (Å²) >= 11 is 10.5. The van der Waals surface area contributed by atoms with Crippen LogP contribution >= 0.6 is 38.9 Å². The van der Waals surface area contributed by atoms with Crippen molar-refractivity contribution in [3.05, 3.63) is 49.1 Å². The minimum Gasteiger partial charge on any atom is -0.398 e. The van der Waals surface area contributed by atoms with Gasteiger partial charge in [0.05, 0.1) is 13.7 Å². The van der Waals surface area contributed by atoms with Gasteiger partial charge in [0.2, 0.25) is 5.78 Å². The van der Waals surface area contributed by atoms with Crippen molar-refractivity contribution in [2.75, 3.05) is 5.73 Å². The lowest BCUT2D eigenvalue weighted by molar-refractivity contribution is 0.104. The lowest BCUT2D eigenvalue weighted by atomic mass is 10.0. The Kier molecular flexibility index (Phi) is 3.56. The van der Waals surface area contributed by atoms with Gasteiger partial charge in [-0.25, -0.2) is 0 Å². The van der Waals surface area contributed by atoms with Gasteiger partial charge in [0.1, 0.15) is 0 Å². The van der Waals surface area contributed by atoms with Crippen molar-refractivity contribution < 1.29 is 4.79 Å². The molecule has 1 aromatic heterocycles. The van der Waals surface area contributed by atoms with Crippen LogP contribution in [0.4, 0.5) is 5.69 Å². The molecule has 0 aliphatic rings. The third kappa shape index (κ3) is 2.54. The van der Waals surface area contributed by atoms with Gasteiger partial charge in [-0.1, -0.05) is 23.2 Å². The quantitative estimate of drug-likeness (QED) is 0.659. The number of nitrogens with two attached hydrogens (primary N) is 1. The maximum absolute atomic E-state index is 12.2. The third-order valence-electron chi connectivity index (χ3n) is 2.32. The first-order chi connectivity index (χ1) is 7.99. The van der Waals surface area contributed by atoms with Crippen molar-refractivity contribution in [2.24, 2.45) is 0 Å². The van der Waals surface area contributed by atoms with Crippen LogP contribution < -0.4 is 5.73 Å². The molecule has 0 saturated heterocycles. The molecule has 1 aromatic carbocycles. The van der Waals surface area contributed by atoms with Gasteiger partial charge in [0.25, 0.3) is 0 Å². The van der Waals surface area contributed by atoms with E-state index < -0.39 is 0 Å². The largest absolute Gasteiger partial charge is 0.398 e. The molecule has 1 heterocycles. The number of anilines is 1. The fourth-order valence-electron chi connectivity index (χ4n) is 1.46. The number of rotatable bonds is 2. The predicted octanol–water partition coefficient (Wildman–Crippen LogP) is 4.29. The molecule has 0 bridgehead atoms. The SMILES string of the molecule is Cc1ccc(N)c(C(=O)c2cc(Cl)c(Br)s2)c1. The summed E-state index contributed by atoms with van der Waals surface area (Å²) < 4.78 is 0.758. The number of nitrogen functional groups attached to an aromatic ring is 1. The Labute approximate surface area is 117 Å². The molecule has 2 aromatic rings. The van der Waals surface area contributed by atoms with E-state index >= 15 is 0 Å². The van der Waals surface area contributed by atoms with Crippen LogP contribution in [-0.2, 0) is 0 Å². The fourth-order valence-corrected chi connectivity index (χ4v) is 3.11. The van der Waals surface area contributed by atoms with Crippen molar-refractivity contribution in [1.82, 2.24) is 0 Å². The van der Waals surface area contributed by atoms with Gasteiger partial charge >= 0.3 is 0 Å². The van der Waals surface area contributed by atoms with E-state index in [9.17, 15) is 4.79 Å². The molecule has 0 fully saturated rings. The summed E-state index contributed by atoms with van der Waals surface area (Å²) in [5, 5.41) is 0.546. The van der Waals surface area contributed by atoms with Gasteiger partial charge in [-0.2, -0.15) is 0 Å². The Bertz CT molecular complexity index is 575. The summed E-state index contributed by atoms with van der Waals surface area (Å²) in [4.78, 5) is 12.8. The zero-order valence-corrected chi connectivity index (χ0v) is 12.1. The standard InChI is InChI=1S/C12H9BrClNOS/c1-6-2-3-9(15)7(4-6)11(16)10-5-8(14)12(13)17-10/h2-5H,15H2,1H3. The summed E-state index contributed by atoms with van der Waals surface area (Å²) in [6.45, 7) is 1.92. The molecule has 2 N–H and O–H groups in total. The normalized spacial score (nSPS) is 10.5. The molecule has 0 aliphatic heterocycles. The number of aryl methyl sites for hydroxylation is 1. The Morgan fingerprint density at radius 3 is 2.71 bits per heavy atom. The van der Waals surface area contributed by atoms with Gasteiger partial charge in [0, 0.05) is 11.3 Å². The second-order valence-electron chi connectivity index (χ2n) is 3.65. The highest BCUT2D eigenvalue weighted by molar-refractivity contribution is 9.11. The molecule has 0 amide bonds. The summed E-state index contributed by atoms with van der Waals surface area (Å²) in [5.74, 6) is -0.0937. The molecule has 0 aliphatic carbocycles. The average molecular weight is 331 g/mol. The molecule has 2 rings (SSSR count). The van der Waals surface area contributed by atoms with Crippen molar-refractivity contribution in [3.63, 3.8) is 0 Å². The minimum atomic E-state index is -0.0937. The Morgan fingerprint density at radius 1 is 1.41 bits per heavy atom. The highest BCUT2D eigenvalue weighted by Crippen LogP contribution is 2.33. The zero-order chi connectivity index (χ0) is 12.6. The Hall–Kier alpha value is -0.840. The van der Waals surface area contributed by atoms with Gasteiger partial charge in [-0.3, -0.25) is 4.79 Å².